The highest BCUT2D eigenvalue weighted by Gasteiger charge is 2.33. The maximum absolute atomic E-state index is 14.1. The molecule has 2 amide bonds. The first kappa shape index (κ1) is 32.9. The molecule has 44 heavy (non-hydrogen) atoms. The highest BCUT2D eigenvalue weighted by atomic mass is 35.5. The molecule has 8 nitrogen and oxygen atoms in total. The number of rotatable bonds is 13. The molecule has 0 saturated heterocycles. The van der Waals surface area contributed by atoms with Crippen LogP contribution < -0.4 is 14.4 Å². The largest absolute Gasteiger partial charge is 0.457 e. The maximum Gasteiger partial charge on any atom is 0.264 e. The molecule has 4 aromatic carbocycles. The summed E-state index contributed by atoms with van der Waals surface area (Å²) in [4.78, 5) is 28.6. The van der Waals surface area contributed by atoms with Crippen LogP contribution in [0.25, 0.3) is 0 Å². The summed E-state index contributed by atoms with van der Waals surface area (Å²) in [6.07, 6.45) is 0.301. The van der Waals surface area contributed by atoms with E-state index in [2.05, 4.69) is 5.32 Å². The standard InChI is InChI=1S/C33H33Cl2N3O5S/c1-3-31(33(40)36-4-2)37(22-24-15-20-29(34)30(35)21-24)32(39)23-38(44(41,42)28-13-9-6-10-14-28)25-16-18-27(19-17-25)43-26-11-7-5-8-12-26/h5-21,31H,3-4,22-23H2,1-2H3,(H,36,40). The topological polar surface area (TPSA) is 96.0 Å². The molecule has 1 atom stereocenters. The van der Waals surface area contributed by atoms with Gasteiger partial charge >= 0.3 is 0 Å². The van der Waals surface area contributed by atoms with E-state index in [1.165, 1.54) is 17.0 Å². The van der Waals surface area contributed by atoms with Crippen LogP contribution >= 0.6 is 23.2 Å². The van der Waals surface area contributed by atoms with E-state index >= 15 is 0 Å². The second-order valence-electron chi connectivity index (χ2n) is 9.82. The fourth-order valence-corrected chi connectivity index (χ4v) is 6.36. The number of amides is 2. The molecule has 4 rings (SSSR count). The number of nitrogens with zero attached hydrogens (tertiary/aromatic N) is 2. The number of ether oxygens (including phenoxy) is 1. The lowest BCUT2D eigenvalue weighted by molar-refractivity contribution is -0.140. The van der Waals surface area contributed by atoms with Crippen LogP contribution in [0.4, 0.5) is 5.69 Å². The van der Waals surface area contributed by atoms with Crippen molar-refractivity contribution in [1.82, 2.24) is 10.2 Å². The molecule has 0 radical (unpaired) electrons. The Labute approximate surface area is 268 Å². The molecular weight excluding hydrogens is 621 g/mol. The summed E-state index contributed by atoms with van der Waals surface area (Å²) in [5.74, 6) is 0.201. The first-order valence-corrected chi connectivity index (χ1v) is 16.3. The molecule has 0 heterocycles. The molecule has 0 aliphatic carbocycles. The Morgan fingerprint density at radius 3 is 2.02 bits per heavy atom. The lowest BCUT2D eigenvalue weighted by atomic mass is 10.1. The minimum Gasteiger partial charge on any atom is -0.457 e. The first-order chi connectivity index (χ1) is 21.1. The van der Waals surface area contributed by atoms with Crippen LogP contribution in [-0.2, 0) is 26.2 Å². The normalized spacial score (nSPS) is 11.8. The average molecular weight is 655 g/mol. The summed E-state index contributed by atoms with van der Waals surface area (Å²) in [6, 6.07) is 27.6. The van der Waals surface area contributed by atoms with Crippen molar-refractivity contribution in [2.75, 3.05) is 17.4 Å². The number of nitrogens with one attached hydrogen (secondary N) is 1. The zero-order valence-electron chi connectivity index (χ0n) is 24.3. The number of carbonyl (C=O) groups is 2. The molecule has 230 valence electrons. The van der Waals surface area contributed by atoms with Crippen LogP contribution in [0.15, 0.2) is 108 Å². The number of carbonyl (C=O) groups excluding carboxylic acids is 2. The Morgan fingerprint density at radius 2 is 1.43 bits per heavy atom. The SMILES string of the molecule is CCNC(=O)C(CC)N(Cc1ccc(Cl)c(Cl)c1)C(=O)CN(c1ccc(Oc2ccccc2)cc1)S(=O)(=O)c1ccccc1. The van der Waals surface area contributed by atoms with Crippen LogP contribution in [0.2, 0.25) is 10.0 Å². The Hall–Kier alpha value is -4.05. The van der Waals surface area contributed by atoms with Crippen molar-refractivity contribution < 1.29 is 22.7 Å². The van der Waals surface area contributed by atoms with Crippen LogP contribution in [0.1, 0.15) is 25.8 Å². The number of sulfonamides is 1. The smallest absolute Gasteiger partial charge is 0.264 e. The third kappa shape index (κ3) is 8.11. The number of anilines is 1. The van der Waals surface area contributed by atoms with Gasteiger partial charge in [0.15, 0.2) is 0 Å². The van der Waals surface area contributed by atoms with Gasteiger partial charge < -0.3 is 15.0 Å². The Bertz CT molecular complexity index is 1670. The number of benzene rings is 4. The number of hydrogen-bond acceptors (Lipinski definition) is 5. The van der Waals surface area contributed by atoms with Crippen LogP contribution in [0.3, 0.4) is 0 Å². The van der Waals surface area contributed by atoms with Crippen LogP contribution in [0.5, 0.6) is 11.5 Å². The van der Waals surface area contributed by atoms with E-state index in [1.54, 1.807) is 86.6 Å². The minimum absolute atomic E-state index is 0.00837. The van der Waals surface area contributed by atoms with Gasteiger partial charge in [0.05, 0.1) is 20.6 Å². The minimum atomic E-state index is -4.20. The van der Waals surface area contributed by atoms with Gasteiger partial charge in [-0.1, -0.05) is 72.6 Å². The fraction of sp³-hybridized carbons (Fsp3) is 0.212. The highest BCUT2D eigenvalue weighted by Crippen LogP contribution is 2.29. The summed E-state index contributed by atoms with van der Waals surface area (Å²) >= 11 is 12.3. The third-order valence-corrected chi connectivity index (χ3v) is 9.31. The predicted octanol–water partition coefficient (Wildman–Crippen LogP) is 6.92. The molecule has 0 spiro atoms. The van der Waals surface area contributed by atoms with Gasteiger partial charge in [-0.05, 0) is 79.6 Å². The number of hydrogen-bond donors (Lipinski definition) is 1. The van der Waals surface area contributed by atoms with E-state index in [1.807, 2.05) is 18.2 Å². The molecule has 0 fully saturated rings. The van der Waals surface area contributed by atoms with Gasteiger partial charge in [-0.25, -0.2) is 8.42 Å². The highest BCUT2D eigenvalue weighted by molar-refractivity contribution is 7.92. The second kappa shape index (κ2) is 15.1. The summed E-state index contributed by atoms with van der Waals surface area (Å²) in [6.45, 7) is 3.39. The van der Waals surface area contributed by atoms with E-state index in [9.17, 15) is 18.0 Å². The van der Waals surface area contributed by atoms with Crippen molar-refractivity contribution in [3.63, 3.8) is 0 Å². The Morgan fingerprint density at radius 1 is 0.818 bits per heavy atom. The summed E-state index contributed by atoms with van der Waals surface area (Å²) in [5.41, 5.74) is 0.888. The van der Waals surface area contributed by atoms with Gasteiger partial charge in [-0.15, -0.1) is 0 Å². The molecule has 0 aromatic heterocycles. The molecule has 0 bridgehead atoms. The van der Waals surface area contributed by atoms with E-state index in [4.69, 9.17) is 27.9 Å². The van der Waals surface area contributed by atoms with E-state index in [0.29, 0.717) is 40.1 Å². The Balaban J connectivity index is 1.72. The molecule has 0 aliphatic heterocycles. The molecule has 1 N–H and O–H groups in total. The van der Waals surface area contributed by atoms with Gasteiger partial charge in [0.1, 0.15) is 24.1 Å². The van der Waals surface area contributed by atoms with E-state index < -0.39 is 28.5 Å². The fourth-order valence-electron chi connectivity index (χ4n) is 4.60. The molecule has 11 heteroatoms. The van der Waals surface area contributed by atoms with Gasteiger partial charge in [0.25, 0.3) is 10.0 Å². The second-order valence-corrected chi connectivity index (χ2v) is 12.5. The van der Waals surface area contributed by atoms with Crippen molar-refractivity contribution in [3.05, 3.63) is 119 Å². The van der Waals surface area contributed by atoms with E-state index in [-0.39, 0.29) is 23.0 Å². The number of likely N-dealkylation sites (N-methyl/N-ethyl adjacent to an activating group) is 1. The van der Waals surface area contributed by atoms with E-state index in [0.717, 1.165) is 4.31 Å². The first-order valence-electron chi connectivity index (χ1n) is 14.1. The molecule has 4 aromatic rings. The van der Waals surface area contributed by atoms with Gasteiger partial charge in [-0.2, -0.15) is 0 Å². The van der Waals surface area contributed by atoms with Gasteiger partial charge in [0.2, 0.25) is 11.8 Å². The summed E-state index contributed by atoms with van der Waals surface area (Å²) < 4.78 is 34.9. The predicted molar refractivity (Wildman–Crippen MR) is 174 cm³/mol. The van der Waals surface area contributed by atoms with Crippen molar-refractivity contribution >= 4 is 50.7 Å². The molecule has 0 saturated carbocycles. The molecule has 1 unspecified atom stereocenters. The lowest BCUT2D eigenvalue weighted by Gasteiger charge is -2.33. The van der Waals surface area contributed by atoms with Gasteiger partial charge in [0, 0.05) is 13.1 Å². The van der Waals surface area contributed by atoms with Crippen molar-refractivity contribution in [2.24, 2.45) is 0 Å². The summed E-state index contributed by atoms with van der Waals surface area (Å²) in [5, 5.41) is 3.43. The zero-order valence-corrected chi connectivity index (χ0v) is 26.6. The van der Waals surface area contributed by atoms with Crippen LogP contribution in [0, 0.1) is 0 Å². The average Bonchev–Trinajstić information content (AvgIpc) is 3.03. The van der Waals surface area contributed by atoms with Gasteiger partial charge in [-0.3, -0.25) is 13.9 Å². The monoisotopic (exact) mass is 653 g/mol. The Kier molecular flexibility index (Phi) is 11.3. The van der Waals surface area contributed by atoms with Crippen molar-refractivity contribution in [3.8, 4) is 11.5 Å². The summed E-state index contributed by atoms with van der Waals surface area (Å²) in [7, 11) is -4.20. The van der Waals surface area contributed by atoms with Crippen molar-refractivity contribution in [1.29, 1.82) is 0 Å². The van der Waals surface area contributed by atoms with Crippen LogP contribution in [-0.4, -0.2) is 44.3 Å². The lowest BCUT2D eigenvalue weighted by Crippen LogP contribution is -2.52. The molecule has 0 aliphatic rings. The van der Waals surface area contributed by atoms with Crippen molar-refractivity contribution in [2.45, 2.75) is 37.8 Å². The maximum atomic E-state index is 14.1. The number of halogens is 2. The zero-order chi connectivity index (χ0) is 31.7. The molecular formula is C33H33Cl2N3O5S. The third-order valence-electron chi connectivity index (χ3n) is 6.79. The number of para-hydroxylation sites is 1. The quantitative estimate of drug-likeness (QED) is 0.169.